The van der Waals surface area contributed by atoms with Gasteiger partial charge in [-0.15, -0.1) is 0 Å². The second-order valence-corrected chi connectivity index (χ2v) is 7.77. The summed E-state index contributed by atoms with van der Waals surface area (Å²) < 4.78 is 10.3. The van der Waals surface area contributed by atoms with Gasteiger partial charge in [-0.3, -0.25) is 9.59 Å². The SMILES string of the molecule is CCCOC(=O)C1=C(C)NC2=C(C(=O)[C@@H](C(=O)OC)[C@H](C)C2)[C@@H]1c1cccc(O)c1. The molecule has 1 aromatic carbocycles. The Morgan fingerprint density at radius 2 is 2.03 bits per heavy atom. The first kappa shape index (κ1) is 21.6. The van der Waals surface area contributed by atoms with Gasteiger partial charge in [-0.25, -0.2) is 4.79 Å². The lowest BCUT2D eigenvalue weighted by Gasteiger charge is -2.38. The number of esters is 2. The first-order chi connectivity index (χ1) is 14.3. The number of carbonyl (C=O) groups is 3. The summed E-state index contributed by atoms with van der Waals surface area (Å²) in [5.41, 5.74) is 2.52. The maximum absolute atomic E-state index is 13.5. The number of carbonyl (C=O) groups excluding carboxylic acids is 3. The van der Waals surface area contributed by atoms with Crippen molar-refractivity contribution in [1.82, 2.24) is 5.32 Å². The highest BCUT2D eigenvalue weighted by Crippen LogP contribution is 2.45. The van der Waals surface area contributed by atoms with Crippen LogP contribution in [0.2, 0.25) is 0 Å². The van der Waals surface area contributed by atoms with Gasteiger partial charge in [0.1, 0.15) is 11.7 Å². The summed E-state index contributed by atoms with van der Waals surface area (Å²) in [7, 11) is 1.26. The number of allylic oxidation sites excluding steroid dienone is 3. The van der Waals surface area contributed by atoms with Gasteiger partial charge in [0.2, 0.25) is 0 Å². The van der Waals surface area contributed by atoms with Gasteiger partial charge in [0.15, 0.2) is 5.78 Å². The number of phenols is 1. The summed E-state index contributed by atoms with van der Waals surface area (Å²) in [4.78, 5) is 38.8. The Balaban J connectivity index is 2.16. The van der Waals surface area contributed by atoms with Crippen LogP contribution in [0.1, 0.15) is 45.1 Å². The van der Waals surface area contributed by atoms with E-state index in [1.807, 2.05) is 13.8 Å². The molecule has 2 aliphatic rings. The second-order valence-electron chi connectivity index (χ2n) is 7.77. The van der Waals surface area contributed by atoms with E-state index < -0.39 is 23.8 Å². The zero-order valence-corrected chi connectivity index (χ0v) is 17.7. The highest BCUT2D eigenvalue weighted by Gasteiger charge is 2.47. The fourth-order valence-corrected chi connectivity index (χ4v) is 4.26. The number of hydrogen-bond donors (Lipinski definition) is 2. The maximum atomic E-state index is 13.5. The van der Waals surface area contributed by atoms with Crippen LogP contribution in [-0.2, 0) is 23.9 Å². The summed E-state index contributed by atoms with van der Waals surface area (Å²) in [6.07, 6.45) is 1.13. The minimum Gasteiger partial charge on any atom is -0.508 e. The number of rotatable bonds is 5. The summed E-state index contributed by atoms with van der Waals surface area (Å²) in [6, 6.07) is 6.46. The van der Waals surface area contributed by atoms with Crippen LogP contribution >= 0.6 is 0 Å². The third-order valence-corrected chi connectivity index (χ3v) is 5.60. The van der Waals surface area contributed by atoms with Crippen molar-refractivity contribution in [1.29, 1.82) is 0 Å². The number of dihydropyridines is 1. The minimum absolute atomic E-state index is 0.0215. The number of aromatic hydroxyl groups is 1. The summed E-state index contributed by atoms with van der Waals surface area (Å²) in [5.74, 6) is -3.40. The summed E-state index contributed by atoms with van der Waals surface area (Å²) in [6.45, 7) is 5.75. The van der Waals surface area contributed by atoms with Crippen molar-refractivity contribution >= 4 is 17.7 Å². The highest BCUT2D eigenvalue weighted by molar-refractivity contribution is 6.12. The lowest BCUT2D eigenvalue weighted by atomic mass is 9.69. The van der Waals surface area contributed by atoms with E-state index in [1.54, 1.807) is 19.1 Å². The zero-order chi connectivity index (χ0) is 22.0. The number of ether oxygens (including phenoxy) is 2. The summed E-state index contributed by atoms with van der Waals surface area (Å²) >= 11 is 0. The molecule has 7 heteroatoms. The third-order valence-electron chi connectivity index (χ3n) is 5.60. The van der Waals surface area contributed by atoms with Crippen LogP contribution in [0.15, 0.2) is 46.8 Å². The Morgan fingerprint density at radius 3 is 2.67 bits per heavy atom. The molecule has 0 fully saturated rings. The second kappa shape index (κ2) is 8.73. The van der Waals surface area contributed by atoms with Crippen LogP contribution < -0.4 is 5.32 Å². The molecule has 0 unspecified atom stereocenters. The zero-order valence-electron chi connectivity index (χ0n) is 17.7. The first-order valence-corrected chi connectivity index (χ1v) is 10.1. The molecule has 0 radical (unpaired) electrons. The van der Waals surface area contributed by atoms with Crippen LogP contribution in [0, 0.1) is 11.8 Å². The first-order valence-electron chi connectivity index (χ1n) is 10.1. The molecule has 0 amide bonds. The smallest absolute Gasteiger partial charge is 0.336 e. The van der Waals surface area contributed by atoms with E-state index >= 15 is 0 Å². The topological polar surface area (TPSA) is 102 Å². The predicted octanol–water partition coefficient (Wildman–Crippen LogP) is 2.96. The fraction of sp³-hybridized carbons (Fsp3) is 0.435. The fourth-order valence-electron chi connectivity index (χ4n) is 4.26. The molecule has 1 aliphatic heterocycles. The molecule has 0 saturated carbocycles. The van der Waals surface area contributed by atoms with Gasteiger partial charge in [0, 0.05) is 22.9 Å². The lowest BCUT2D eigenvalue weighted by Crippen LogP contribution is -2.43. The Bertz CT molecular complexity index is 945. The minimum atomic E-state index is -0.943. The molecule has 0 saturated heterocycles. The van der Waals surface area contributed by atoms with Crippen molar-refractivity contribution < 1.29 is 29.0 Å². The van der Waals surface area contributed by atoms with Gasteiger partial charge < -0.3 is 19.9 Å². The molecule has 30 heavy (non-hydrogen) atoms. The Labute approximate surface area is 175 Å². The van der Waals surface area contributed by atoms with Crippen LogP contribution in [-0.4, -0.2) is 36.5 Å². The van der Waals surface area contributed by atoms with Crippen molar-refractivity contribution in [2.75, 3.05) is 13.7 Å². The molecule has 0 aromatic heterocycles. The van der Waals surface area contributed by atoms with E-state index in [9.17, 15) is 19.5 Å². The number of methoxy groups -OCH3 is 1. The average Bonchev–Trinajstić information content (AvgIpc) is 2.70. The van der Waals surface area contributed by atoms with E-state index in [1.165, 1.54) is 19.2 Å². The van der Waals surface area contributed by atoms with Crippen molar-refractivity contribution in [3.8, 4) is 5.75 Å². The van der Waals surface area contributed by atoms with Crippen LogP contribution in [0.3, 0.4) is 0 Å². The molecule has 7 nitrogen and oxygen atoms in total. The summed E-state index contributed by atoms with van der Waals surface area (Å²) in [5, 5.41) is 13.2. The van der Waals surface area contributed by atoms with Crippen LogP contribution in [0.25, 0.3) is 0 Å². The van der Waals surface area contributed by atoms with Crippen molar-refractivity contribution in [3.63, 3.8) is 0 Å². The number of benzene rings is 1. The van der Waals surface area contributed by atoms with E-state index in [0.717, 1.165) is 0 Å². The molecule has 1 aliphatic carbocycles. The molecule has 1 aromatic rings. The van der Waals surface area contributed by atoms with E-state index in [2.05, 4.69) is 5.32 Å². The number of nitrogens with one attached hydrogen (secondary N) is 1. The molecule has 0 spiro atoms. The molecular weight excluding hydrogens is 386 g/mol. The number of ketones is 1. The Hall–Kier alpha value is -3.09. The lowest BCUT2D eigenvalue weighted by molar-refractivity contribution is -0.151. The van der Waals surface area contributed by atoms with Crippen molar-refractivity contribution in [2.24, 2.45) is 11.8 Å². The van der Waals surface area contributed by atoms with Crippen molar-refractivity contribution in [3.05, 3.63) is 52.4 Å². The van der Waals surface area contributed by atoms with E-state index in [4.69, 9.17) is 9.47 Å². The van der Waals surface area contributed by atoms with E-state index in [0.29, 0.717) is 40.9 Å². The normalized spacial score (nSPS) is 23.6. The van der Waals surface area contributed by atoms with Crippen LogP contribution in [0.4, 0.5) is 0 Å². The average molecular weight is 413 g/mol. The molecule has 3 rings (SSSR count). The van der Waals surface area contributed by atoms with Crippen molar-refractivity contribution in [2.45, 2.75) is 39.5 Å². The molecule has 0 bridgehead atoms. The number of phenolic OH excluding ortho intramolecular Hbond substituents is 1. The Morgan fingerprint density at radius 1 is 1.30 bits per heavy atom. The standard InChI is InChI=1S/C23H27NO6/c1-5-9-30-23(28)18-13(3)24-16-10-12(2)17(22(27)29-4)21(26)20(16)19(18)14-7-6-8-15(25)11-14/h6-8,11-12,17,19,24-25H,5,9-10H2,1-4H3/t12-,17+,19-/m1/s1. The molecular formula is C23H27NO6. The monoisotopic (exact) mass is 413 g/mol. The number of Topliss-reactive ketones (excluding diaryl/α,β-unsaturated/α-hetero) is 1. The number of hydrogen-bond acceptors (Lipinski definition) is 7. The quantitative estimate of drug-likeness (QED) is 0.565. The molecule has 1 heterocycles. The highest BCUT2D eigenvalue weighted by atomic mass is 16.5. The van der Waals surface area contributed by atoms with Gasteiger partial charge >= 0.3 is 11.9 Å². The maximum Gasteiger partial charge on any atom is 0.336 e. The molecule has 3 atom stereocenters. The van der Waals surface area contributed by atoms with Gasteiger partial charge in [-0.2, -0.15) is 0 Å². The van der Waals surface area contributed by atoms with Gasteiger partial charge in [-0.05, 0) is 43.4 Å². The Kier molecular flexibility index (Phi) is 6.29. The van der Waals surface area contributed by atoms with Gasteiger partial charge in [0.05, 0.1) is 19.3 Å². The van der Waals surface area contributed by atoms with E-state index in [-0.39, 0.29) is 24.1 Å². The van der Waals surface area contributed by atoms with Gasteiger partial charge in [-0.1, -0.05) is 26.0 Å². The molecule has 160 valence electrons. The largest absolute Gasteiger partial charge is 0.508 e. The van der Waals surface area contributed by atoms with Gasteiger partial charge in [0.25, 0.3) is 0 Å². The molecule has 2 N–H and O–H groups in total. The van der Waals surface area contributed by atoms with Crippen LogP contribution in [0.5, 0.6) is 5.75 Å². The third kappa shape index (κ3) is 3.84. The predicted molar refractivity (Wildman–Crippen MR) is 109 cm³/mol.